The smallest absolute Gasteiger partial charge is 0.420 e. The lowest BCUT2D eigenvalue weighted by atomic mass is 9.94. The third-order valence-corrected chi connectivity index (χ3v) is 2.82. The average molecular weight is 244 g/mol. The summed E-state index contributed by atoms with van der Waals surface area (Å²) in [6.45, 7) is 7.39. The predicted molar refractivity (Wildman–Crippen MR) is 69.8 cm³/mol. The minimum Gasteiger partial charge on any atom is -0.420 e. The van der Waals surface area contributed by atoms with Gasteiger partial charge in [-0.2, -0.15) is 0 Å². The fraction of sp³-hybridized carbons (Fsp3) is 0.267. The number of carbonyl (C=O) groups excluding carboxylic acids is 1. The van der Waals surface area contributed by atoms with Gasteiger partial charge >= 0.3 is 6.16 Å². The van der Waals surface area contributed by atoms with Crippen molar-refractivity contribution >= 4 is 11.7 Å². The second-order valence-electron chi connectivity index (χ2n) is 4.63. The van der Waals surface area contributed by atoms with E-state index in [-0.39, 0.29) is 0 Å². The van der Waals surface area contributed by atoms with Crippen LogP contribution in [0.4, 0.5) is 4.79 Å². The van der Waals surface area contributed by atoms with Gasteiger partial charge in [0, 0.05) is 5.57 Å². The number of ether oxygens (including phenoxy) is 2. The largest absolute Gasteiger partial charge is 0.514 e. The Morgan fingerprint density at radius 1 is 1.33 bits per heavy atom. The molecule has 94 valence electrons. The Labute approximate surface area is 107 Å². The molecule has 0 N–H and O–H groups in total. The molecule has 2 rings (SSSR count). The lowest BCUT2D eigenvalue weighted by Crippen LogP contribution is -2.21. The molecule has 0 saturated carbocycles. The van der Waals surface area contributed by atoms with Crippen LogP contribution in [-0.4, -0.2) is 11.8 Å². The second kappa shape index (κ2) is 4.69. The number of allylic oxidation sites excluding steroid dienone is 2. The number of rotatable bonds is 3. The molecule has 0 unspecified atom stereocenters. The fourth-order valence-electron chi connectivity index (χ4n) is 2.03. The molecule has 0 aromatic heterocycles. The molecular formula is C15H16O3. The third-order valence-electron chi connectivity index (χ3n) is 2.82. The van der Waals surface area contributed by atoms with Gasteiger partial charge in [-0.15, -0.1) is 6.58 Å². The van der Waals surface area contributed by atoms with Gasteiger partial charge in [0.25, 0.3) is 0 Å². The maximum absolute atomic E-state index is 11.3. The first-order valence-electron chi connectivity index (χ1n) is 5.85. The number of carbonyl (C=O) groups is 1. The van der Waals surface area contributed by atoms with E-state index >= 15 is 0 Å². The summed E-state index contributed by atoms with van der Waals surface area (Å²) in [5.74, 6) is 0.568. The topological polar surface area (TPSA) is 35.5 Å². The van der Waals surface area contributed by atoms with Gasteiger partial charge in [-0.05, 0) is 25.8 Å². The maximum Gasteiger partial charge on any atom is 0.514 e. The highest BCUT2D eigenvalue weighted by Gasteiger charge is 2.41. The van der Waals surface area contributed by atoms with E-state index < -0.39 is 11.8 Å². The number of benzene rings is 1. The molecule has 0 amide bonds. The Hall–Kier alpha value is -2.03. The molecule has 1 aliphatic heterocycles. The van der Waals surface area contributed by atoms with Crippen LogP contribution in [0, 0.1) is 0 Å². The molecule has 0 aliphatic carbocycles. The highest BCUT2D eigenvalue weighted by molar-refractivity contribution is 5.76. The maximum atomic E-state index is 11.3. The Morgan fingerprint density at radius 3 is 2.50 bits per heavy atom. The van der Waals surface area contributed by atoms with Gasteiger partial charge in [0.2, 0.25) is 0 Å². The van der Waals surface area contributed by atoms with Crippen LogP contribution < -0.4 is 0 Å². The molecule has 3 heteroatoms. The molecule has 1 aromatic carbocycles. The van der Waals surface area contributed by atoms with Crippen molar-refractivity contribution in [2.24, 2.45) is 0 Å². The molecule has 0 spiro atoms. The first-order valence-corrected chi connectivity index (χ1v) is 5.85. The van der Waals surface area contributed by atoms with Gasteiger partial charge in [0.1, 0.15) is 0 Å². The summed E-state index contributed by atoms with van der Waals surface area (Å²) in [7, 11) is 0. The minimum atomic E-state index is -0.731. The Morgan fingerprint density at radius 2 is 2.00 bits per heavy atom. The summed E-state index contributed by atoms with van der Waals surface area (Å²) in [5.41, 5.74) is 1.21. The van der Waals surface area contributed by atoms with E-state index in [1.807, 2.05) is 44.2 Å². The summed E-state index contributed by atoms with van der Waals surface area (Å²) >= 11 is 0. The van der Waals surface area contributed by atoms with E-state index in [0.29, 0.717) is 12.2 Å². The molecule has 0 radical (unpaired) electrons. The normalized spacial score (nSPS) is 20.0. The van der Waals surface area contributed by atoms with Gasteiger partial charge in [0.05, 0.1) is 0 Å². The molecule has 1 aromatic rings. The number of hydrogen-bond donors (Lipinski definition) is 0. The molecule has 1 aliphatic rings. The molecule has 0 atom stereocenters. The van der Waals surface area contributed by atoms with Crippen LogP contribution in [0.2, 0.25) is 0 Å². The Kier molecular flexibility index (Phi) is 3.24. The van der Waals surface area contributed by atoms with E-state index in [0.717, 1.165) is 11.1 Å². The second-order valence-corrected chi connectivity index (χ2v) is 4.63. The van der Waals surface area contributed by atoms with Crippen molar-refractivity contribution in [2.75, 3.05) is 0 Å². The van der Waals surface area contributed by atoms with Gasteiger partial charge in [-0.3, -0.25) is 0 Å². The Balaban J connectivity index is 2.53. The number of cyclic esters (lactones) is 2. The SMILES string of the molecule is C=CC/C(=C1/OC(=O)OC1(C)C)c1ccccc1. The van der Waals surface area contributed by atoms with Crippen molar-refractivity contribution in [1.29, 1.82) is 0 Å². The average Bonchev–Trinajstić information content (AvgIpc) is 2.60. The van der Waals surface area contributed by atoms with Crippen LogP contribution in [0.25, 0.3) is 5.57 Å². The van der Waals surface area contributed by atoms with Crippen molar-refractivity contribution in [3.63, 3.8) is 0 Å². The Bertz CT molecular complexity index is 498. The van der Waals surface area contributed by atoms with Crippen molar-refractivity contribution in [3.05, 3.63) is 54.3 Å². The van der Waals surface area contributed by atoms with E-state index in [2.05, 4.69) is 6.58 Å². The summed E-state index contributed by atoms with van der Waals surface area (Å²) in [6.07, 6.45) is 1.77. The van der Waals surface area contributed by atoms with Gasteiger partial charge in [-0.1, -0.05) is 36.4 Å². The van der Waals surface area contributed by atoms with Crippen LogP contribution in [0.3, 0.4) is 0 Å². The van der Waals surface area contributed by atoms with E-state index in [4.69, 9.17) is 9.47 Å². The molecule has 1 saturated heterocycles. The predicted octanol–water partition coefficient (Wildman–Crippen LogP) is 3.92. The molecule has 1 fully saturated rings. The van der Waals surface area contributed by atoms with E-state index in [9.17, 15) is 4.79 Å². The first-order chi connectivity index (χ1) is 8.54. The van der Waals surface area contributed by atoms with Crippen LogP contribution in [0.1, 0.15) is 25.8 Å². The summed E-state index contributed by atoms with van der Waals surface area (Å²) in [6, 6.07) is 9.80. The number of hydrogen-bond acceptors (Lipinski definition) is 3. The van der Waals surface area contributed by atoms with Crippen molar-refractivity contribution < 1.29 is 14.3 Å². The quantitative estimate of drug-likeness (QED) is 0.597. The fourth-order valence-corrected chi connectivity index (χ4v) is 2.03. The summed E-state index contributed by atoms with van der Waals surface area (Å²) < 4.78 is 10.4. The zero-order valence-corrected chi connectivity index (χ0v) is 10.6. The molecular weight excluding hydrogens is 228 g/mol. The van der Waals surface area contributed by atoms with Crippen molar-refractivity contribution in [2.45, 2.75) is 25.9 Å². The monoisotopic (exact) mass is 244 g/mol. The van der Waals surface area contributed by atoms with E-state index in [1.165, 1.54) is 0 Å². The van der Waals surface area contributed by atoms with Crippen LogP contribution in [0.15, 0.2) is 48.7 Å². The molecule has 0 bridgehead atoms. The van der Waals surface area contributed by atoms with Crippen LogP contribution >= 0.6 is 0 Å². The zero-order valence-electron chi connectivity index (χ0n) is 10.6. The standard InChI is InChI=1S/C15H16O3/c1-4-8-12(11-9-6-5-7-10-11)13-15(2,3)18-14(16)17-13/h4-7,9-10H,1,8H2,2-3H3/b13-12-. The summed E-state index contributed by atoms with van der Waals surface area (Å²) in [4.78, 5) is 11.3. The van der Waals surface area contributed by atoms with Gasteiger partial charge < -0.3 is 9.47 Å². The van der Waals surface area contributed by atoms with Crippen molar-refractivity contribution in [3.8, 4) is 0 Å². The summed E-state index contributed by atoms with van der Waals surface area (Å²) in [5, 5.41) is 0. The first kappa shape index (κ1) is 12.4. The van der Waals surface area contributed by atoms with Crippen LogP contribution in [0.5, 0.6) is 0 Å². The zero-order chi connectivity index (χ0) is 13.2. The van der Waals surface area contributed by atoms with Gasteiger partial charge in [-0.25, -0.2) is 4.79 Å². The highest BCUT2D eigenvalue weighted by Crippen LogP contribution is 2.37. The van der Waals surface area contributed by atoms with Crippen LogP contribution in [-0.2, 0) is 9.47 Å². The lowest BCUT2D eigenvalue weighted by Gasteiger charge is -2.18. The van der Waals surface area contributed by atoms with E-state index in [1.54, 1.807) is 6.08 Å². The molecule has 1 heterocycles. The minimum absolute atomic E-state index is 0.568. The third kappa shape index (κ3) is 2.30. The lowest BCUT2D eigenvalue weighted by molar-refractivity contribution is 0.0873. The van der Waals surface area contributed by atoms with Crippen molar-refractivity contribution in [1.82, 2.24) is 0 Å². The highest BCUT2D eigenvalue weighted by atomic mass is 16.8. The molecule has 3 nitrogen and oxygen atoms in total. The van der Waals surface area contributed by atoms with Gasteiger partial charge in [0.15, 0.2) is 11.4 Å². The molecule has 18 heavy (non-hydrogen) atoms.